The minimum absolute atomic E-state index is 0.173. The molecule has 0 spiro atoms. The minimum Gasteiger partial charge on any atom is -0.344 e. The standard InChI is InChI=1S/C23H19F3N4OS/c24-23(25,26)22-28-18-9-8-17(11-19(18)29-22)21(16-6-2-1-3-7-16)30-20(31)14-32-13-15-5-4-10-27-12-15/h1-12,21H,13-14H2,(H,28,29)(H,30,31). The van der Waals surface area contributed by atoms with Crippen molar-refractivity contribution >= 4 is 28.7 Å². The lowest BCUT2D eigenvalue weighted by molar-refractivity contribution is -0.144. The van der Waals surface area contributed by atoms with Crippen molar-refractivity contribution in [2.75, 3.05) is 5.75 Å². The summed E-state index contributed by atoms with van der Waals surface area (Å²) in [6.07, 6.45) is -1.11. The number of alkyl halides is 3. The summed E-state index contributed by atoms with van der Waals surface area (Å²) in [5.74, 6) is -0.328. The van der Waals surface area contributed by atoms with Gasteiger partial charge in [-0.3, -0.25) is 9.78 Å². The number of nitrogens with one attached hydrogen (secondary N) is 2. The van der Waals surface area contributed by atoms with Gasteiger partial charge < -0.3 is 10.3 Å². The number of hydrogen-bond donors (Lipinski definition) is 2. The number of carbonyl (C=O) groups is 1. The Bertz CT molecular complexity index is 1200. The van der Waals surface area contributed by atoms with Crippen LogP contribution in [0.1, 0.15) is 28.6 Å². The Morgan fingerprint density at radius 2 is 1.88 bits per heavy atom. The summed E-state index contributed by atoms with van der Waals surface area (Å²) in [5.41, 5.74) is 2.98. The SMILES string of the molecule is O=C(CSCc1cccnc1)NC(c1ccccc1)c1ccc2nc(C(F)(F)F)[nH]c2c1. The quantitative estimate of drug-likeness (QED) is 0.405. The molecule has 2 aromatic heterocycles. The summed E-state index contributed by atoms with van der Waals surface area (Å²) >= 11 is 1.46. The molecule has 0 aliphatic rings. The van der Waals surface area contributed by atoms with Crippen LogP contribution in [-0.4, -0.2) is 26.6 Å². The number of amides is 1. The molecular weight excluding hydrogens is 437 g/mol. The van der Waals surface area contributed by atoms with Gasteiger partial charge in [0.15, 0.2) is 0 Å². The molecule has 0 saturated carbocycles. The van der Waals surface area contributed by atoms with Gasteiger partial charge in [-0.05, 0) is 34.9 Å². The number of H-pyrrole nitrogens is 1. The molecule has 0 bridgehead atoms. The minimum atomic E-state index is -4.56. The second kappa shape index (κ2) is 9.44. The highest BCUT2D eigenvalue weighted by molar-refractivity contribution is 7.99. The van der Waals surface area contributed by atoms with Crippen molar-refractivity contribution in [3.63, 3.8) is 0 Å². The molecule has 0 aliphatic carbocycles. The first-order chi connectivity index (χ1) is 15.4. The van der Waals surface area contributed by atoms with E-state index in [9.17, 15) is 18.0 Å². The molecule has 0 aliphatic heterocycles. The largest absolute Gasteiger partial charge is 0.449 e. The summed E-state index contributed by atoms with van der Waals surface area (Å²) in [6, 6.07) is 17.4. The van der Waals surface area contributed by atoms with Gasteiger partial charge in [-0.15, -0.1) is 11.8 Å². The number of imidazole rings is 1. The molecule has 0 fully saturated rings. The van der Waals surface area contributed by atoms with Crippen LogP contribution in [0, 0.1) is 0 Å². The molecule has 2 N–H and O–H groups in total. The van der Waals surface area contributed by atoms with Gasteiger partial charge in [-0.25, -0.2) is 4.98 Å². The van der Waals surface area contributed by atoms with Gasteiger partial charge in [0, 0.05) is 18.1 Å². The molecule has 164 valence electrons. The lowest BCUT2D eigenvalue weighted by Crippen LogP contribution is -2.30. The zero-order valence-electron chi connectivity index (χ0n) is 16.8. The van der Waals surface area contributed by atoms with Crippen molar-refractivity contribution < 1.29 is 18.0 Å². The van der Waals surface area contributed by atoms with Gasteiger partial charge in [0.25, 0.3) is 0 Å². The number of rotatable bonds is 7. The smallest absolute Gasteiger partial charge is 0.344 e. The van der Waals surface area contributed by atoms with Crippen LogP contribution < -0.4 is 5.32 Å². The van der Waals surface area contributed by atoms with Gasteiger partial charge in [0.2, 0.25) is 11.7 Å². The number of thioether (sulfide) groups is 1. The average molecular weight is 456 g/mol. The van der Waals surface area contributed by atoms with Crippen molar-refractivity contribution in [2.45, 2.75) is 18.0 Å². The number of aromatic nitrogens is 3. The van der Waals surface area contributed by atoms with Crippen molar-refractivity contribution in [1.29, 1.82) is 0 Å². The van der Waals surface area contributed by atoms with Crippen molar-refractivity contribution in [3.05, 3.63) is 95.6 Å². The van der Waals surface area contributed by atoms with E-state index in [1.165, 1.54) is 17.8 Å². The van der Waals surface area contributed by atoms with Gasteiger partial charge in [-0.1, -0.05) is 42.5 Å². The molecule has 1 unspecified atom stereocenters. The van der Waals surface area contributed by atoms with E-state index in [0.29, 0.717) is 11.3 Å². The molecule has 2 aromatic carbocycles. The Balaban J connectivity index is 1.54. The molecule has 1 atom stereocenters. The fraction of sp³-hybridized carbons (Fsp3) is 0.174. The van der Waals surface area contributed by atoms with Gasteiger partial charge in [0.05, 0.1) is 22.8 Å². The highest BCUT2D eigenvalue weighted by Gasteiger charge is 2.34. The number of nitrogens with zero attached hydrogens (tertiary/aromatic N) is 2. The van der Waals surface area contributed by atoms with E-state index < -0.39 is 18.0 Å². The zero-order chi connectivity index (χ0) is 22.6. The Morgan fingerprint density at radius 1 is 1.06 bits per heavy atom. The maximum absolute atomic E-state index is 13.0. The highest BCUT2D eigenvalue weighted by atomic mass is 32.2. The van der Waals surface area contributed by atoms with Crippen LogP contribution in [0.25, 0.3) is 11.0 Å². The summed E-state index contributed by atoms with van der Waals surface area (Å²) in [4.78, 5) is 22.7. The third kappa shape index (κ3) is 5.28. The third-order valence-corrected chi connectivity index (χ3v) is 5.77. The monoisotopic (exact) mass is 456 g/mol. The lowest BCUT2D eigenvalue weighted by atomic mass is 9.98. The van der Waals surface area contributed by atoms with Crippen LogP contribution in [0.15, 0.2) is 73.1 Å². The normalized spacial score (nSPS) is 12.6. The van der Waals surface area contributed by atoms with Gasteiger partial charge in [0.1, 0.15) is 0 Å². The van der Waals surface area contributed by atoms with Crippen LogP contribution in [0.2, 0.25) is 0 Å². The molecule has 32 heavy (non-hydrogen) atoms. The molecular formula is C23H19F3N4OS. The van der Waals surface area contributed by atoms with E-state index in [0.717, 1.165) is 11.1 Å². The summed E-state index contributed by atoms with van der Waals surface area (Å²) < 4.78 is 39.0. The zero-order valence-corrected chi connectivity index (χ0v) is 17.6. The predicted molar refractivity (Wildman–Crippen MR) is 118 cm³/mol. The van der Waals surface area contributed by atoms with Crippen LogP contribution in [0.4, 0.5) is 13.2 Å². The van der Waals surface area contributed by atoms with Crippen LogP contribution >= 0.6 is 11.8 Å². The van der Waals surface area contributed by atoms with Crippen LogP contribution in [0.3, 0.4) is 0 Å². The van der Waals surface area contributed by atoms with Gasteiger partial charge >= 0.3 is 6.18 Å². The van der Waals surface area contributed by atoms with Gasteiger partial charge in [-0.2, -0.15) is 13.2 Å². The van der Waals surface area contributed by atoms with E-state index >= 15 is 0 Å². The number of pyridine rings is 1. The van der Waals surface area contributed by atoms with Crippen LogP contribution in [0.5, 0.6) is 0 Å². The number of benzene rings is 2. The fourth-order valence-corrected chi connectivity index (χ4v) is 4.07. The number of hydrogen-bond acceptors (Lipinski definition) is 4. The third-order valence-electron chi connectivity index (χ3n) is 4.77. The summed E-state index contributed by atoms with van der Waals surface area (Å²) in [7, 11) is 0. The highest BCUT2D eigenvalue weighted by Crippen LogP contribution is 2.30. The van der Waals surface area contributed by atoms with E-state index in [4.69, 9.17) is 0 Å². The second-order valence-electron chi connectivity index (χ2n) is 7.13. The lowest BCUT2D eigenvalue weighted by Gasteiger charge is -2.20. The molecule has 2 heterocycles. The van der Waals surface area contributed by atoms with E-state index in [1.807, 2.05) is 42.5 Å². The molecule has 4 rings (SSSR count). The molecule has 1 amide bonds. The van der Waals surface area contributed by atoms with Crippen molar-refractivity contribution in [3.8, 4) is 0 Å². The first-order valence-corrected chi connectivity index (χ1v) is 10.9. The van der Waals surface area contributed by atoms with Crippen LogP contribution in [-0.2, 0) is 16.7 Å². The van der Waals surface area contributed by atoms with E-state index in [2.05, 4.69) is 20.3 Å². The molecule has 5 nitrogen and oxygen atoms in total. The number of halogens is 3. The first kappa shape index (κ1) is 21.9. The Kier molecular flexibility index (Phi) is 6.45. The number of fused-ring (bicyclic) bond motifs is 1. The Labute approximate surface area is 186 Å². The first-order valence-electron chi connectivity index (χ1n) is 9.78. The molecule has 0 radical (unpaired) electrons. The number of carbonyl (C=O) groups excluding carboxylic acids is 1. The Morgan fingerprint density at radius 3 is 2.59 bits per heavy atom. The molecule has 0 saturated heterocycles. The number of aromatic amines is 1. The average Bonchev–Trinajstić information content (AvgIpc) is 3.23. The Hall–Kier alpha value is -3.33. The second-order valence-corrected chi connectivity index (χ2v) is 8.11. The van der Waals surface area contributed by atoms with Crippen molar-refractivity contribution in [1.82, 2.24) is 20.3 Å². The summed E-state index contributed by atoms with van der Waals surface area (Å²) in [6.45, 7) is 0. The summed E-state index contributed by atoms with van der Waals surface area (Å²) in [5, 5.41) is 3.01. The molecule has 4 aromatic rings. The predicted octanol–water partition coefficient (Wildman–Crippen LogP) is 5.12. The maximum atomic E-state index is 13.0. The van der Waals surface area contributed by atoms with E-state index in [-0.39, 0.29) is 22.7 Å². The van der Waals surface area contributed by atoms with Crippen molar-refractivity contribution in [2.24, 2.45) is 0 Å². The topological polar surface area (TPSA) is 70.7 Å². The fourth-order valence-electron chi connectivity index (χ4n) is 3.29. The maximum Gasteiger partial charge on any atom is 0.449 e. The van der Waals surface area contributed by atoms with E-state index in [1.54, 1.807) is 24.5 Å². The molecule has 9 heteroatoms.